The number of aromatic nitrogens is 1. The molecule has 2 rings (SSSR count). The van der Waals surface area contributed by atoms with Crippen LogP contribution in [0.25, 0.3) is 0 Å². The van der Waals surface area contributed by atoms with E-state index in [9.17, 15) is 10.0 Å². The van der Waals surface area contributed by atoms with Gasteiger partial charge in [0.1, 0.15) is 16.8 Å². The molecule has 2 aromatic rings. The molecule has 0 aliphatic carbocycles. The minimum Gasteiger partial charge on any atom is -0.497 e. The number of hydrogen-bond donors (Lipinski definition) is 1. The number of nitrogens with zero attached hydrogens (tertiary/aromatic N) is 2. The predicted octanol–water partition coefficient (Wildman–Crippen LogP) is 4.14. The molecule has 0 aliphatic heterocycles. The monoisotopic (exact) mass is 454 g/mol. The van der Waals surface area contributed by atoms with Crippen molar-refractivity contribution >= 4 is 33.7 Å². The number of ether oxygens (including phenoxy) is 2. The van der Waals surface area contributed by atoms with E-state index < -0.39 is 12.0 Å². The van der Waals surface area contributed by atoms with Gasteiger partial charge in [-0.2, -0.15) is 4.73 Å². The number of methoxy groups -OCH3 is 2. The summed E-state index contributed by atoms with van der Waals surface area (Å²) in [6, 6.07) is 10.3. The van der Waals surface area contributed by atoms with Gasteiger partial charge in [0, 0.05) is 9.37 Å². The molecule has 0 amide bonds. The maximum absolute atomic E-state index is 12.0. The molecule has 0 spiro atoms. The van der Waals surface area contributed by atoms with Gasteiger partial charge in [0.15, 0.2) is 5.49 Å². The molecule has 0 saturated carbocycles. The maximum atomic E-state index is 12.0. The van der Waals surface area contributed by atoms with Crippen molar-refractivity contribution in [2.75, 3.05) is 14.2 Å². The zero-order chi connectivity index (χ0) is 20.0. The van der Waals surface area contributed by atoms with Crippen LogP contribution in [0.4, 0.5) is 0 Å². The molecule has 0 fully saturated rings. The highest BCUT2D eigenvalue weighted by Gasteiger charge is 2.20. The third kappa shape index (κ3) is 6.04. The van der Waals surface area contributed by atoms with Crippen LogP contribution in [0.3, 0.4) is 0 Å². The van der Waals surface area contributed by atoms with Crippen molar-refractivity contribution < 1.29 is 19.5 Å². The Morgan fingerprint density at radius 3 is 2.48 bits per heavy atom. The first-order valence-corrected chi connectivity index (χ1v) is 10.0. The fourth-order valence-electron chi connectivity index (χ4n) is 2.39. The Morgan fingerprint density at radius 1 is 1.26 bits per heavy atom. The van der Waals surface area contributed by atoms with E-state index in [0.29, 0.717) is 11.4 Å². The van der Waals surface area contributed by atoms with Crippen LogP contribution < -0.4 is 10.2 Å². The standard InChI is InChI=1S/C19H23BrN2O4S/c1-12(2)9-16(19(23)26-4)21-17-10-13(20)11-18(22(17)24)27-15-7-5-14(25-3)6-8-15/h5-8,10-12,16,24H,9H2,1-4H3/t16-/m0/s1. The molecule has 146 valence electrons. The zero-order valence-corrected chi connectivity index (χ0v) is 18.1. The number of hydrogen-bond acceptors (Lipinski definition) is 6. The van der Waals surface area contributed by atoms with Gasteiger partial charge in [-0.3, -0.25) is 4.99 Å². The van der Waals surface area contributed by atoms with Crippen LogP contribution in [0.5, 0.6) is 5.75 Å². The largest absolute Gasteiger partial charge is 0.497 e. The van der Waals surface area contributed by atoms with Gasteiger partial charge < -0.3 is 14.7 Å². The number of pyridine rings is 1. The summed E-state index contributed by atoms with van der Waals surface area (Å²) in [5.41, 5.74) is 0.274. The van der Waals surface area contributed by atoms with Gasteiger partial charge in [-0.05, 0) is 48.7 Å². The minimum atomic E-state index is -0.679. The Balaban J connectivity index is 2.41. The Morgan fingerprint density at radius 2 is 1.93 bits per heavy atom. The van der Waals surface area contributed by atoms with Crippen molar-refractivity contribution in [2.24, 2.45) is 10.9 Å². The van der Waals surface area contributed by atoms with Gasteiger partial charge in [0.25, 0.3) is 0 Å². The fraction of sp³-hybridized carbons (Fsp3) is 0.368. The normalized spacial score (nSPS) is 12.9. The molecule has 0 aliphatic rings. The number of esters is 1. The average molecular weight is 455 g/mol. The van der Waals surface area contributed by atoms with Crippen molar-refractivity contribution in [1.29, 1.82) is 0 Å². The van der Waals surface area contributed by atoms with E-state index in [1.165, 1.54) is 18.9 Å². The summed E-state index contributed by atoms with van der Waals surface area (Å²) in [6.07, 6.45) is 0.528. The smallest absolute Gasteiger partial charge is 0.330 e. The third-order valence-electron chi connectivity index (χ3n) is 3.69. The molecule has 1 aromatic heterocycles. The van der Waals surface area contributed by atoms with Crippen LogP contribution in [0.2, 0.25) is 0 Å². The maximum Gasteiger partial charge on any atom is 0.330 e. The summed E-state index contributed by atoms with van der Waals surface area (Å²) in [4.78, 5) is 17.4. The van der Waals surface area contributed by atoms with E-state index in [0.717, 1.165) is 19.8 Å². The number of benzene rings is 1. The van der Waals surface area contributed by atoms with Crippen molar-refractivity contribution in [2.45, 2.75) is 36.2 Å². The highest BCUT2D eigenvalue weighted by molar-refractivity contribution is 9.10. The number of halogens is 1. The SMILES string of the molecule is COC(=O)[C@H](CC(C)C)N=c1cc(Br)cc(Sc2ccc(OC)cc2)n1O. The van der Waals surface area contributed by atoms with E-state index in [1.807, 2.05) is 38.1 Å². The molecule has 0 radical (unpaired) electrons. The predicted molar refractivity (Wildman–Crippen MR) is 107 cm³/mol. The minimum absolute atomic E-state index is 0.255. The molecule has 1 N–H and O–H groups in total. The summed E-state index contributed by atoms with van der Waals surface area (Å²) in [7, 11) is 2.95. The van der Waals surface area contributed by atoms with Crippen molar-refractivity contribution in [3.8, 4) is 5.75 Å². The van der Waals surface area contributed by atoms with E-state index in [1.54, 1.807) is 19.2 Å². The lowest BCUT2D eigenvalue weighted by Gasteiger charge is -2.14. The quantitative estimate of drug-likeness (QED) is 0.502. The Bertz CT molecular complexity index is 850. The summed E-state index contributed by atoms with van der Waals surface area (Å²) in [5, 5.41) is 11.2. The highest BCUT2D eigenvalue weighted by atomic mass is 79.9. The van der Waals surface area contributed by atoms with Crippen LogP contribution in [0, 0.1) is 5.92 Å². The second kappa shape index (κ2) is 9.85. The van der Waals surface area contributed by atoms with Gasteiger partial charge in [-0.15, -0.1) is 0 Å². The molecule has 1 atom stereocenters. The van der Waals surface area contributed by atoms with Crippen LogP contribution >= 0.6 is 27.7 Å². The fourth-order valence-corrected chi connectivity index (χ4v) is 3.84. The Kier molecular flexibility index (Phi) is 7.79. The summed E-state index contributed by atoms with van der Waals surface area (Å²) >= 11 is 4.81. The zero-order valence-electron chi connectivity index (χ0n) is 15.7. The average Bonchev–Trinajstić information content (AvgIpc) is 2.64. The molecular formula is C19H23BrN2O4S. The molecule has 27 heavy (non-hydrogen) atoms. The first kappa shape index (κ1) is 21.4. The molecule has 0 saturated heterocycles. The number of carbonyl (C=O) groups is 1. The van der Waals surface area contributed by atoms with Gasteiger partial charge in [-0.25, -0.2) is 4.79 Å². The lowest BCUT2D eigenvalue weighted by Crippen LogP contribution is -2.29. The summed E-state index contributed by atoms with van der Waals surface area (Å²) < 4.78 is 11.7. The number of carbonyl (C=O) groups excluding carboxylic acids is 1. The molecule has 8 heteroatoms. The van der Waals surface area contributed by atoms with E-state index in [2.05, 4.69) is 20.9 Å². The molecule has 6 nitrogen and oxygen atoms in total. The molecule has 1 aromatic carbocycles. The second-order valence-corrected chi connectivity index (χ2v) is 8.27. The van der Waals surface area contributed by atoms with Gasteiger partial charge >= 0.3 is 5.97 Å². The van der Waals surface area contributed by atoms with Crippen LogP contribution in [-0.2, 0) is 9.53 Å². The highest BCUT2D eigenvalue weighted by Crippen LogP contribution is 2.29. The topological polar surface area (TPSA) is 73.0 Å². The van der Waals surface area contributed by atoms with Gasteiger partial charge in [-0.1, -0.05) is 41.5 Å². The Labute approximate surface area is 171 Å². The lowest BCUT2D eigenvalue weighted by atomic mass is 10.0. The third-order valence-corrected chi connectivity index (χ3v) is 5.16. The molecule has 1 heterocycles. The van der Waals surface area contributed by atoms with Crippen molar-refractivity contribution in [3.63, 3.8) is 0 Å². The molecular weight excluding hydrogens is 432 g/mol. The summed E-state index contributed by atoms with van der Waals surface area (Å²) in [5.74, 6) is 0.592. The van der Waals surface area contributed by atoms with Crippen molar-refractivity contribution in [1.82, 2.24) is 4.73 Å². The lowest BCUT2D eigenvalue weighted by molar-refractivity contribution is -0.142. The molecule has 0 bridgehead atoms. The first-order chi connectivity index (χ1) is 12.8. The van der Waals surface area contributed by atoms with Crippen LogP contribution in [0.15, 0.2) is 55.8 Å². The van der Waals surface area contributed by atoms with E-state index in [4.69, 9.17) is 9.47 Å². The summed E-state index contributed by atoms with van der Waals surface area (Å²) in [6.45, 7) is 4.01. The van der Waals surface area contributed by atoms with Crippen molar-refractivity contribution in [3.05, 3.63) is 46.4 Å². The second-order valence-electron chi connectivity index (χ2n) is 6.26. The Hall–Kier alpha value is -1.93. The number of rotatable bonds is 7. The van der Waals surface area contributed by atoms with Gasteiger partial charge in [0.05, 0.1) is 14.2 Å². The molecule has 0 unspecified atom stereocenters. The van der Waals surface area contributed by atoms with Crippen LogP contribution in [-0.4, -0.2) is 36.2 Å². The van der Waals surface area contributed by atoms with Gasteiger partial charge in [0.2, 0.25) is 0 Å². The van der Waals surface area contributed by atoms with Crippen LogP contribution in [0.1, 0.15) is 20.3 Å². The van der Waals surface area contributed by atoms with E-state index in [-0.39, 0.29) is 11.4 Å². The first-order valence-electron chi connectivity index (χ1n) is 8.39. The van der Waals surface area contributed by atoms with E-state index >= 15 is 0 Å².